The van der Waals surface area contributed by atoms with E-state index in [4.69, 9.17) is 4.98 Å². The summed E-state index contributed by atoms with van der Waals surface area (Å²) in [7, 11) is 0. The van der Waals surface area contributed by atoms with Crippen molar-refractivity contribution in [1.82, 2.24) is 30.7 Å². The van der Waals surface area contributed by atoms with Crippen molar-refractivity contribution in [3.8, 4) is 0 Å². The van der Waals surface area contributed by atoms with Crippen LogP contribution in [0.5, 0.6) is 0 Å². The van der Waals surface area contributed by atoms with Crippen LogP contribution in [0.2, 0.25) is 0 Å². The van der Waals surface area contributed by atoms with Crippen LogP contribution in [0, 0.1) is 5.92 Å². The SMILES string of the molecule is CC(C)n1c(C2CC(=O)NC3NNC(c4ccccn4)C32)nc2ccccc21. The van der Waals surface area contributed by atoms with Gasteiger partial charge in [0.1, 0.15) is 5.82 Å². The van der Waals surface area contributed by atoms with Crippen molar-refractivity contribution in [2.45, 2.75) is 44.4 Å². The molecule has 4 unspecified atom stereocenters. The first-order chi connectivity index (χ1) is 13.6. The maximum atomic E-state index is 12.5. The highest BCUT2D eigenvalue weighted by Crippen LogP contribution is 2.43. The van der Waals surface area contributed by atoms with Gasteiger partial charge < -0.3 is 9.88 Å². The maximum Gasteiger partial charge on any atom is 0.222 e. The monoisotopic (exact) mass is 376 g/mol. The summed E-state index contributed by atoms with van der Waals surface area (Å²) in [5.74, 6) is 1.13. The van der Waals surface area contributed by atoms with Crippen molar-refractivity contribution >= 4 is 16.9 Å². The average molecular weight is 376 g/mol. The summed E-state index contributed by atoms with van der Waals surface area (Å²) in [5.41, 5.74) is 9.67. The zero-order valence-corrected chi connectivity index (χ0v) is 16.0. The van der Waals surface area contributed by atoms with Crippen LogP contribution in [0.25, 0.3) is 11.0 Å². The summed E-state index contributed by atoms with van der Waals surface area (Å²) in [5, 5.41) is 3.08. The lowest BCUT2D eigenvalue weighted by atomic mass is 9.78. The van der Waals surface area contributed by atoms with Crippen molar-refractivity contribution in [2.24, 2.45) is 5.92 Å². The number of carbonyl (C=O) groups excluding carboxylic acids is 1. The Morgan fingerprint density at radius 1 is 1.11 bits per heavy atom. The van der Waals surface area contributed by atoms with E-state index in [1.165, 1.54) is 0 Å². The van der Waals surface area contributed by atoms with Crippen molar-refractivity contribution in [1.29, 1.82) is 0 Å². The average Bonchev–Trinajstić information content (AvgIpc) is 3.29. The number of carbonyl (C=O) groups is 1. The third-order valence-electron chi connectivity index (χ3n) is 5.83. The standard InChI is InChI=1S/C21H24N6O/c1-12(2)27-16-9-4-3-7-14(16)23-21(27)13-11-17(28)24-20-18(13)19(25-26-20)15-8-5-6-10-22-15/h3-10,12-13,18-20,25-26H,11H2,1-2H3,(H,24,28). The van der Waals surface area contributed by atoms with E-state index < -0.39 is 0 Å². The Hall–Kier alpha value is -2.77. The summed E-state index contributed by atoms with van der Waals surface area (Å²) in [4.78, 5) is 22.0. The second-order valence-corrected chi connectivity index (χ2v) is 7.88. The molecule has 3 N–H and O–H groups in total. The largest absolute Gasteiger partial charge is 0.339 e. The number of fused-ring (bicyclic) bond motifs is 2. The van der Waals surface area contributed by atoms with E-state index in [1.807, 2.05) is 42.6 Å². The number of rotatable bonds is 3. The minimum absolute atomic E-state index is 0.00257. The van der Waals surface area contributed by atoms with Crippen molar-refractivity contribution in [2.75, 3.05) is 0 Å². The van der Waals surface area contributed by atoms with Gasteiger partial charge in [0.15, 0.2) is 0 Å². The fourth-order valence-corrected chi connectivity index (χ4v) is 4.69. The number of nitrogens with zero attached hydrogens (tertiary/aromatic N) is 3. The molecule has 2 saturated heterocycles. The molecular formula is C21H24N6O. The van der Waals surface area contributed by atoms with Crippen molar-refractivity contribution in [3.05, 3.63) is 60.2 Å². The fourth-order valence-electron chi connectivity index (χ4n) is 4.69. The molecule has 7 nitrogen and oxygen atoms in total. The minimum atomic E-state index is -0.154. The molecule has 7 heteroatoms. The van der Waals surface area contributed by atoms with Crippen LogP contribution >= 0.6 is 0 Å². The summed E-state index contributed by atoms with van der Waals surface area (Å²) >= 11 is 0. The number of para-hydroxylation sites is 2. The number of nitrogens with one attached hydrogen (secondary N) is 3. The van der Waals surface area contributed by atoms with Gasteiger partial charge in [-0.05, 0) is 38.1 Å². The zero-order valence-electron chi connectivity index (χ0n) is 16.0. The number of imidazole rings is 1. The third-order valence-corrected chi connectivity index (χ3v) is 5.83. The molecule has 1 amide bonds. The van der Waals surface area contributed by atoms with Gasteiger partial charge in [-0.15, -0.1) is 0 Å². The summed E-state index contributed by atoms with van der Waals surface area (Å²) in [6.45, 7) is 4.33. The molecule has 0 aliphatic carbocycles. The fraction of sp³-hybridized carbons (Fsp3) is 0.381. The number of hydrogen-bond donors (Lipinski definition) is 3. The van der Waals surface area contributed by atoms with Gasteiger partial charge in [-0.1, -0.05) is 18.2 Å². The molecule has 2 fully saturated rings. The first-order valence-electron chi connectivity index (χ1n) is 9.81. The van der Waals surface area contributed by atoms with Gasteiger partial charge in [-0.3, -0.25) is 9.78 Å². The van der Waals surface area contributed by atoms with Crippen LogP contribution < -0.4 is 16.2 Å². The quantitative estimate of drug-likeness (QED) is 0.654. The Balaban J connectivity index is 1.64. The number of hydrogen-bond acceptors (Lipinski definition) is 5. The van der Waals surface area contributed by atoms with E-state index in [-0.39, 0.29) is 36.0 Å². The van der Waals surface area contributed by atoms with Crippen molar-refractivity contribution < 1.29 is 4.79 Å². The molecule has 28 heavy (non-hydrogen) atoms. The minimum Gasteiger partial charge on any atom is -0.339 e. The Bertz CT molecular complexity index is 1010. The van der Waals surface area contributed by atoms with E-state index in [2.05, 4.69) is 45.6 Å². The zero-order chi connectivity index (χ0) is 19.3. The van der Waals surface area contributed by atoms with Gasteiger partial charge in [-0.25, -0.2) is 15.8 Å². The number of hydrazine groups is 1. The normalized spacial score (nSPS) is 27.2. The topological polar surface area (TPSA) is 83.9 Å². The Labute approximate surface area is 163 Å². The molecule has 4 atom stereocenters. The summed E-state index contributed by atoms with van der Waals surface area (Å²) in [6.07, 6.45) is 2.08. The van der Waals surface area contributed by atoms with Crippen molar-refractivity contribution in [3.63, 3.8) is 0 Å². The van der Waals surface area contributed by atoms with Gasteiger partial charge in [-0.2, -0.15) is 0 Å². The van der Waals surface area contributed by atoms with E-state index >= 15 is 0 Å². The second kappa shape index (κ2) is 6.68. The predicted octanol–water partition coefficient (Wildman–Crippen LogP) is 2.41. The Kier molecular flexibility index (Phi) is 4.14. The number of pyridine rings is 1. The number of piperidine rings is 1. The van der Waals surface area contributed by atoms with Gasteiger partial charge in [0.2, 0.25) is 5.91 Å². The smallest absolute Gasteiger partial charge is 0.222 e. The summed E-state index contributed by atoms with van der Waals surface area (Å²) in [6, 6.07) is 14.4. The molecule has 0 radical (unpaired) electrons. The predicted molar refractivity (Wildman–Crippen MR) is 106 cm³/mol. The molecule has 0 spiro atoms. The first kappa shape index (κ1) is 17.3. The highest BCUT2D eigenvalue weighted by Gasteiger charge is 2.48. The van der Waals surface area contributed by atoms with Crippen LogP contribution in [0.15, 0.2) is 48.7 Å². The van der Waals surface area contributed by atoms with Crippen LogP contribution in [-0.4, -0.2) is 26.6 Å². The molecule has 2 aliphatic rings. The molecule has 2 aromatic heterocycles. The third kappa shape index (κ3) is 2.70. The maximum absolute atomic E-state index is 12.5. The molecule has 144 valence electrons. The van der Waals surface area contributed by atoms with E-state index in [0.717, 1.165) is 22.6 Å². The highest BCUT2D eigenvalue weighted by atomic mass is 16.2. The number of benzene rings is 1. The molecule has 1 aromatic carbocycles. The van der Waals surface area contributed by atoms with Gasteiger partial charge in [0.05, 0.1) is 28.9 Å². The van der Waals surface area contributed by atoms with Crippen LogP contribution in [-0.2, 0) is 4.79 Å². The molecule has 3 aromatic rings. The molecule has 4 heterocycles. The van der Waals surface area contributed by atoms with E-state index in [9.17, 15) is 4.79 Å². The lowest BCUT2D eigenvalue weighted by Gasteiger charge is -2.35. The summed E-state index contributed by atoms with van der Waals surface area (Å²) < 4.78 is 2.28. The molecule has 0 bridgehead atoms. The highest BCUT2D eigenvalue weighted by molar-refractivity contribution is 5.80. The Morgan fingerprint density at radius 3 is 2.71 bits per heavy atom. The van der Waals surface area contributed by atoms with Crippen LogP contribution in [0.1, 0.15) is 49.8 Å². The number of aromatic nitrogens is 3. The van der Waals surface area contributed by atoms with Gasteiger partial charge >= 0.3 is 0 Å². The van der Waals surface area contributed by atoms with Gasteiger partial charge in [0.25, 0.3) is 0 Å². The van der Waals surface area contributed by atoms with E-state index in [1.54, 1.807) is 0 Å². The Morgan fingerprint density at radius 2 is 1.93 bits per heavy atom. The first-order valence-corrected chi connectivity index (χ1v) is 9.81. The molecule has 0 saturated carbocycles. The lowest BCUT2D eigenvalue weighted by Crippen LogP contribution is -2.52. The molecule has 2 aliphatic heterocycles. The van der Waals surface area contributed by atoms with Crippen LogP contribution in [0.4, 0.5) is 0 Å². The molecule has 5 rings (SSSR count). The lowest BCUT2D eigenvalue weighted by molar-refractivity contribution is -0.125. The second-order valence-electron chi connectivity index (χ2n) is 7.88. The van der Waals surface area contributed by atoms with Crippen LogP contribution in [0.3, 0.4) is 0 Å². The number of amides is 1. The van der Waals surface area contributed by atoms with Gasteiger partial charge in [0, 0.05) is 30.5 Å². The van der Waals surface area contributed by atoms with E-state index in [0.29, 0.717) is 6.42 Å². The molecular weight excluding hydrogens is 352 g/mol.